The molecule has 0 radical (unpaired) electrons. The molecule has 0 spiro atoms. The Morgan fingerprint density at radius 1 is 0.842 bits per heavy atom. The zero-order valence-corrected chi connectivity index (χ0v) is 10.2. The average molecular weight is 265 g/mol. The molecule has 0 amide bonds. The summed E-state index contributed by atoms with van der Waals surface area (Å²) in [6, 6.07) is 8.95. The molecule has 0 heterocycles. The molecule has 2 aromatic carbocycles. The van der Waals surface area contributed by atoms with Gasteiger partial charge in [0.25, 0.3) is 0 Å². The molecule has 2 N–H and O–H groups in total. The van der Waals surface area contributed by atoms with E-state index in [0.29, 0.717) is 6.42 Å². The second-order valence-electron chi connectivity index (χ2n) is 4.53. The van der Waals surface area contributed by atoms with Gasteiger partial charge in [0.2, 0.25) is 0 Å². The van der Waals surface area contributed by atoms with Crippen LogP contribution in [0.5, 0.6) is 0 Å². The molecule has 2 aromatic rings. The van der Waals surface area contributed by atoms with E-state index < -0.39 is 11.6 Å². The summed E-state index contributed by atoms with van der Waals surface area (Å²) in [5.74, 6) is -1.25. The smallest absolute Gasteiger partial charge is 0.126 e. The fraction of sp³-hybridized carbons (Fsp3) is 0.200. The van der Waals surface area contributed by atoms with Crippen LogP contribution in [0.2, 0.25) is 0 Å². The Kier molecular flexibility index (Phi) is 4.22. The maximum atomic E-state index is 13.4. The Balaban J connectivity index is 2.02. The van der Waals surface area contributed by atoms with Crippen molar-refractivity contribution in [3.63, 3.8) is 0 Å². The molecule has 1 atom stereocenters. The van der Waals surface area contributed by atoms with Crippen LogP contribution in [0.1, 0.15) is 11.1 Å². The monoisotopic (exact) mass is 265 g/mol. The Morgan fingerprint density at radius 3 is 2.16 bits per heavy atom. The van der Waals surface area contributed by atoms with E-state index >= 15 is 0 Å². The standard InChI is InChI=1S/C15H14F3N/c16-12-3-1-10(2-4-12)7-14(19)9-11-8-13(17)5-6-15(11)18/h1-6,8,14H,7,9,19H2. The fourth-order valence-corrected chi connectivity index (χ4v) is 1.98. The van der Waals surface area contributed by atoms with E-state index in [-0.39, 0.29) is 23.8 Å². The third-order valence-corrected chi connectivity index (χ3v) is 2.90. The Bertz CT molecular complexity index is 552. The van der Waals surface area contributed by atoms with Gasteiger partial charge in [-0.2, -0.15) is 0 Å². The highest BCUT2D eigenvalue weighted by molar-refractivity contribution is 5.22. The molecule has 100 valence electrons. The molecule has 0 bridgehead atoms. The minimum Gasteiger partial charge on any atom is -0.327 e. The third-order valence-electron chi connectivity index (χ3n) is 2.90. The van der Waals surface area contributed by atoms with E-state index in [1.807, 2.05) is 0 Å². The SMILES string of the molecule is NC(Cc1ccc(F)cc1)Cc1cc(F)ccc1F. The van der Waals surface area contributed by atoms with Gasteiger partial charge in [-0.15, -0.1) is 0 Å². The second-order valence-corrected chi connectivity index (χ2v) is 4.53. The topological polar surface area (TPSA) is 26.0 Å². The number of halogens is 3. The van der Waals surface area contributed by atoms with Crippen molar-refractivity contribution in [2.75, 3.05) is 0 Å². The maximum absolute atomic E-state index is 13.4. The van der Waals surface area contributed by atoms with Gasteiger partial charge >= 0.3 is 0 Å². The molecule has 1 unspecified atom stereocenters. The van der Waals surface area contributed by atoms with Crippen LogP contribution in [-0.2, 0) is 12.8 Å². The van der Waals surface area contributed by atoms with Crippen LogP contribution < -0.4 is 5.73 Å². The van der Waals surface area contributed by atoms with Crippen molar-refractivity contribution >= 4 is 0 Å². The summed E-state index contributed by atoms with van der Waals surface area (Å²) in [5, 5.41) is 0. The molecule has 0 aromatic heterocycles. The van der Waals surface area contributed by atoms with Gasteiger partial charge in [0.15, 0.2) is 0 Å². The lowest BCUT2D eigenvalue weighted by Crippen LogP contribution is -2.26. The molecule has 0 saturated heterocycles. The van der Waals surface area contributed by atoms with E-state index in [2.05, 4.69) is 0 Å². The summed E-state index contributed by atoms with van der Waals surface area (Å²) in [7, 11) is 0. The van der Waals surface area contributed by atoms with Crippen LogP contribution in [0.15, 0.2) is 42.5 Å². The van der Waals surface area contributed by atoms with Gasteiger partial charge < -0.3 is 5.73 Å². The number of rotatable bonds is 4. The minimum atomic E-state index is -0.481. The molecule has 1 nitrogen and oxygen atoms in total. The Labute approximate surface area is 109 Å². The summed E-state index contributed by atoms with van der Waals surface area (Å²) >= 11 is 0. The van der Waals surface area contributed by atoms with Gasteiger partial charge in [0.1, 0.15) is 17.5 Å². The zero-order valence-electron chi connectivity index (χ0n) is 10.2. The average Bonchev–Trinajstić information content (AvgIpc) is 2.37. The van der Waals surface area contributed by atoms with Crippen LogP contribution in [0.3, 0.4) is 0 Å². The van der Waals surface area contributed by atoms with Gasteiger partial charge in [-0.05, 0) is 54.3 Å². The third kappa shape index (κ3) is 3.83. The molecule has 0 aliphatic carbocycles. The van der Waals surface area contributed by atoms with Crippen molar-refractivity contribution in [2.24, 2.45) is 5.73 Å². The molecule has 0 aliphatic heterocycles. The van der Waals surface area contributed by atoms with E-state index in [0.717, 1.165) is 23.8 Å². The van der Waals surface area contributed by atoms with Crippen LogP contribution >= 0.6 is 0 Å². The molecule has 4 heteroatoms. The van der Waals surface area contributed by atoms with Gasteiger partial charge in [-0.1, -0.05) is 12.1 Å². The lowest BCUT2D eigenvalue weighted by atomic mass is 9.99. The molecule has 19 heavy (non-hydrogen) atoms. The minimum absolute atomic E-state index is 0.237. The molecule has 2 rings (SSSR count). The quantitative estimate of drug-likeness (QED) is 0.902. The van der Waals surface area contributed by atoms with Crippen LogP contribution in [0.4, 0.5) is 13.2 Å². The van der Waals surface area contributed by atoms with Crippen molar-refractivity contribution in [3.8, 4) is 0 Å². The van der Waals surface area contributed by atoms with Gasteiger partial charge in [0.05, 0.1) is 0 Å². The lowest BCUT2D eigenvalue weighted by molar-refractivity contribution is 0.566. The lowest BCUT2D eigenvalue weighted by Gasteiger charge is -2.12. The largest absolute Gasteiger partial charge is 0.327 e. The first kappa shape index (κ1) is 13.6. The Morgan fingerprint density at radius 2 is 1.47 bits per heavy atom. The van der Waals surface area contributed by atoms with Crippen LogP contribution in [-0.4, -0.2) is 6.04 Å². The van der Waals surface area contributed by atoms with Gasteiger partial charge in [-0.3, -0.25) is 0 Å². The normalized spacial score (nSPS) is 12.4. The maximum Gasteiger partial charge on any atom is 0.126 e. The molecule has 0 fully saturated rings. The van der Waals surface area contributed by atoms with E-state index in [1.165, 1.54) is 12.1 Å². The summed E-state index contributed by atoms with van der Waals surface area (Å²) in [6.45, 7) is 0. The van der Waals surface area contributed by atoms with Crippen LogP contribution in [0.25, 0.3) is 0 Å². The number of hydrogen-bond donors (Lipinski definition) is 1. The van der Waals surface area contributed by atoms with E-state index in [4.69, 9.17) is 5.73 Å². The van der Waals surface area contributed by atoms with Gasteiger partial charge in [-0.25, -0.2) is 13.2 Å². The van der Waals surface area contributed by atoms with E-state index in [1.54, 1.807) is 12.1 Å². The second kappa shape index (κ2) is 5.89. The zero-order chi connectivity index (χ0) is 13.8. The molecule has 0 saturated carbocycles. The summed E-state index contributed by atoms with van der Waals surface area (Å²) in [5.41, 5.74) is 7.04. The number of benzene rings is 2. The highest BCUT2D eigenvalue weighted by atomic mass is 19.1. The predicted octanol–water partition coefficient (Wildman–Crippen LogP) is 3.22. The first-order valence-electron chi connectivity index (χ1n) is 5.98. The van der Waals surface area contributed by atoms with E-state index in [9.17, 15) is 13.2 Å². The van der Waals surface area contributed by atoms with Crippen molar-refractivity contribution in [1.29, 1.82) is 0 Å². The first-order chi connectivity index (χ1) is 9.04. The molecule has 0 aliphatic rings. The molecular formula is C15H14F3N. The Hall–Kier alpha value is -1.81. The van der Waals surface area contributed by atoms with Crippen molar-refractivity contribution < 1.29 is 13.2 Å². The summed E-state index contributed by atoms with van der Waals surface area (Å²) < 4.78 is 39.2. The van der Waals surface area contributed by atoms with Crippen LogP contribution in [0, 0.1) is 17.5 Å². The highest BCUT2D eigenvalue weighted by Crippen LogP contribution is 2.13. The fourth-order valence-electron chi connectivity index (χ4n) is 1.98. The summed E-state index contributed by atoms with van der Waals surface area (Å²) in [6.07, 6.45) is 0.719. The predicted molar refractivity (Wildman–Crippen MR) is 68.1 cm³/mol. The number of hydrogen-bond acceptors (Lipinski definition) is 1. The van der Waals surface area contributed by atoms with Gasteiger partial charge in [0, 0.05) is 6.04 Å². The van der Waals surface area contributed by atoms with Crippen molar-refractivity contribution in [2.45, 2.75) is 18.9 Å². The highest BCUT2D eigenvalue weighted by Gasteiger charge is 2.10. The first-order valence-corrected chi connectivity index (χ1v) is 5.98. The van der Waals surface area contributed by atoms with Crippen molar-refractivity contribution in [1.82, 2.24) is 0 Å². The summed E-state index contributed by atoms with van der Waals surface area (Å²) in [4.78, 5) is 0. The number of nitrogens with two attached hydrogens (primary N) is 1. The molecular weight excluding hydrogens is 251 g/mol. The van der Waals surface area contributed by atoms with Crippen molar-refractivity contribution in [3.05, 3.63) is 71.0 Å².